The predicted molar refractivity (Wildman–Crippen MR) is 117 cm³/mol. The lowest BCUT2D eigenvalue weighted by atomic mass is 10.0. The van der Waals surface area contributed by atoms with E-state index in [1.807, 2.05) is 0 Å². The van der Waals surface area contributed by atoms with Crippen LogP contribution in [0, 0.1) is 10.1 Å². The molecular weight excluding hydrogens is 438 g/mol. The minimum atomic E-state index is -0.954. The van der Waals surface area contributed by atoms with E-state index < -0.39 is 16.9 Å². The van der Waals surface area contributed by atoms with E-state index in [2.05, 4.69) is 10.5 Å². The number of nitrogens with zero attached hydrogens (tertiary/aromatic N) is 2. The molecule has 1 aliphatic heterocycles. The summed E-state index contributed by atoms with van der Waals surface area (Å²) in [6.07, 6.45) is -0.823. The Labute approximate surface area is 187 Å². The number of halogens is 1. The topological polar surface area (TPSA) is 123 Å². The molecule has 32 heavy (non-hydrogen) atoms. The summed E-state index contributed by atoms with van der Waals surface area (Å²) in [6, 6.07) is 17.0. The number of benzene rings is 3. The number of aromatic hydroxyl groups is 1. The van der Waals surface area contributed by atoms with Crippen molar-refractivity contribution in [1.29, 1.82) is 0 Å². The molecule has 4 rings (SSSR count). The SMILES string of the molecule is O=C(Nc1cc(Oc2ccc(Cl)cc2)cc([N+](=O)[O-])c1)C1CC(c2ccccc2O)=NO1. The third-order valence-corrected chi connectivity index (χ3v) is 4.85. The van der Waals surface area contributed by atoms with Gasteiger partial charge in [-0.05, 0) is 36.4 Å². The Morgan fingerprint density at radius 3 is 2.62 bits per heavy atom. The summed E-state index contributed by atoms with van der Waals surface area (Å²) >= 11 is 5.86. The van der Waals surface area contributed by atoms with E-state index in [-0.39, 0.29) is 29.3 Å². The van der Waals surface area contributed by atoms with E-state index in [1.54, 1.807) is 42.5 Å². The number of non-ortho nitro benzene ring substituents is 1. The maximum absolute atomic E-state index is 12.7. The first-order chi connectivity index (χ1) is 15.4. The number of nitro benzene ring substituents is 1. The number of ether oxygens (including phenoxy) is 1. The van der Waals surface area contributed by atoms with Crippen LogP contribution >= 0.6 is 11.6 Å². The fraction of sp³-hybridized carbons (Fsp3) is 0.0909. The smallest absolute Gasteiger partial charge is 0.275 e. The number of amides is 1. The van der Waals surface area contributed by atoms with Gasteiger partial charge in [-0.3, -0.25) is 14.9 Å². The molecule has 0 bridgehead atoms. The summed E-state index contributed by atoms with van der Waals surface area (Å²) in [5, 5.41) is 28.3. The fourth-order valence-electron chi connectivity index (χ4n) is 3.08. The van der Waals surface area contributed by atoms with Gasteiger partial charge in [0.25, 0.3) is 11.6 Å². The first-order valence-corrected chi connectivity index (χ1v) is 9.81. The third-order valence-electron chi connectivity index (χ3n) is 4.60. The maximum Gasteiger partial charge on any atom is 0.275 e. The molecule has 9 nitrogen and oxygen atoms in total. The summed E-state index contributed by atoms with van der Waals surface area (Å²) in [5.41, 5.74) is 0.795. The minimum absolute atomic E-state index is 0.0265. The van der Waals surface area contributed by atoms with Crippen molar-refractivity contribution in [1.82, 2.24) is 0 Å². The molecule has 0 aliphatic carbocycles. The van der Waals surface area contributed by atoms with Crippen molar-refractivity contribution in [3.63, 3.8) is 0 Å². The molecule has 10 heteroatoms. The Hall–Kier alpha value is -4.11. The van der Waals surface area contributed by atoms with Crippen LogP contribution in [0.2, 0.25) is 5.02 Å². The van der Waals surface area contributed by atoms with Crippen molar-refractivity contribution in [3.8, 4) is 17.2 Å². The fourth-order valence-corrected chi connectivity index (χ4v) is 3.20. The molecular formula is C22H16ClN3O6. The van der Waals surface area contributed by atoms with Crippen molar-refractivity contribution < 1.29 is 24.4 Å². The predicted octanol–water partition coefficient (Wildman–Crippen LogP) is 4.88. The molecule has 0 saturated carbocycles. The van der Waals surface area contributed by atoms with Gasteiger partial charge >= 0.3 is 0 Å². The summed E-state index contributed by atoms with van der Waals surface area (Å²) in [5.74, 6) is 0.0676. The maximum atomic E-state index is 12.7. The molecule has 0 saturated heterocycles. The Bertz CT molecular complexity index is 1210. The molecule has 1 unspecified atom stereocenters. The number of hydrogen-bond acceptors (Lipinski definition) is 7. The average molecular weight is 454 g/mol. The van der Waals surface area contributed by atoms with E-state index >= 15 is 0 Å². The van der Waals surface area contributed by atoms with Gasteiger partial charge in [-0.15, -0.1) is 0 Å². The van der Waals surface area contributed by atoms with Gasteiger partial charge in [-0.2, -0.15) is 0 Å². The monoisotopic (exact) mass is 453 g/mol. The second-order valence-electron chi connectivity index (χ2n) is 6.87. The standard InChI is InChI=1S/C22H16ClN3O6/c23-13-5-7-16(8-6-13)31-17-10-14(9-15(11-17)26(29)30)24-22(28)21-12-19(25-32-21)18-3-1-2-4-20(18)27/h1-11,21,27H,12H2,(H,24,28). The van der Waals surface area contributed by atoms with E-state index in [4.69, 9.17) is 21.2 Å². The van der Waals surface area contributed by atoms with E-state index in [9.17, 15) is 20.0 Å². The van der Waals surface area contributed by atoms with Crippen LogP contribution < -0.4 is 10.1 Å². The van der Waals surface area contributed by atoms with Gasteiger partial charge in [0.15, 0.2) is 0 Å². The number of para-hydroxylation sites is 1. The number of phenolic OH excluding ortho intramolecular Hbond substituents is 1. The Morgan fingerprint density at radius 2 is 1.91 bits per heavy atom. The number of phenols is 1. The number of hydrogen-bond donors (Lipinski definition) is 2. The number of oxime groups is 1. The second-order valence-corrected chi connectivity index (χ2v) is 7.31. The zero-order chi connectivity index (χ0) is 22.7. The normalized spacial score (nSPS) is 14.9. The van der Waals surface area contributed by atoms with Crippen molar-refractivity contribution >= 4 is 34.6 Å². The quantitative estimate of drug-likeness (QED) is 0.405. The van der Waals surface area contributed by atoms with Crippen molar-refractivity contribution in [2.45, 2.75) is 12.5 Å². The van der Waals surface area contributed by atoms with Crippen LogP contribution in [0.25, 0.3) is 0 Å². The van der Waals surface area contributed by atoms with Gasteiger partial charge in [-0.25, -0.2) is 0 Å². The second kappa shape index (κ2) is 8.94. The molecule has 1 heterocycles. The van der Waals surface area contributed by atoms with E-state index in [1.165, 1.54) is 24.3 Å². The molecule has 0 fully saturated rings. The Kier molecular flexibility index (Phi) is 5.91. The zero-order valence-corrected chi connectivity index (χ0v) is 17.2. The van der Waals surface area contributed by atoms with Crippen LogP contribution in [-0.2, 0) is 9.63 Å². The van der Waals surface area contributed by atoms with Gasteiger partial charge < -0.3 is 20.0 Å². The van der Waals surface area contributed by atoms with Crippen LogP contribution in [0.1, 0.15) is 12.0 Å². The lowest BCUT2D eigenvalue weighted by molar-refractivity contribution is -0.384. The number of anilines is 1. The highest BCUT2D eigenvalue weighted by Crippen LogP contribution is 2.31. The number of carbonyl (C=O) groups excluding carboxylic acids is 1. The molecule has 1 aliphatic rings. The van der Waals surface area contributed by atoms with E-state index in [0.29, 0.717) is 22.0 Å². The van der Waals surface area contributed by atoms with Crippen LogP contribution in [0.3, 0.4) is 0 Å². The van der Waals surface area contributed by atoms with Gasteiger partial charge in [0.1, 0.15) is 17.2 Å². The lowest BCUT2D eigenvalue weighted by Gasteiger charge is -2.12. The Morgan fingerprint density at radius 1 is 1.16 bits per heavy atom. The molecule has 0 aromatic heterocycles. The summed E-state index contributed by atoms with van der Waals surface area (Å²) in [6.45, 7) is 0. The van der Waals surface area contributed by atoms with Crippen LogP contribution in [0.15, 0.2) is 71.9 Å². The number of rotatable bonds is 6. The third kappa shape index (κ3) is 4.79. The largest absolute Gasteiger partial charge is 0.507 e. The summed E-state index contributed by atoms with van der Waals surface area (Å²) < 4.78 is 5.66. The van der Waals surface area contributed by atoms with Crippen molar-refractivity contribution in [2.75, 3.05) is 5.32 Å². The molecule has 0 radical (unpaired) electrons. The zero-order valence-electron chi connectivity index (χ0n) is 16.4. The van der Waals surface area contributed by atoms with Crippen molar-refractivity contribution in [2.24, 2.45) is 5.16 Å². The molecule has 3 aromatic rings. The molecule has 162 valence electrons. The van der Waals surface area contributed by atoms with Gasteiger partial charge in [0.2, 0.25) is 6.10 Å². The number of nitrogens with one attached hydrogen (secondary N) is 1. The van der Waals surface area contributed by atoms with Crippen LogP contribution in [0.5, 0.6) is 17.2 Å². The summed E-state index contributed by atoms with van der Waals surface area (Å²) in [7, 11) is 0. The molecule has 2 N–H and O–H groups in total. The van der Waals surface area contributed by atoms with Gasteiger partial charge in [-0.1, -0.05) is 28.9 Å². The molecule has 1 atom stereocenters. The van der Waals surface area contributed by atoms with E-state index in [0.717, 1.165) is 0 Å². The highest BCUT2D eigenvalue weighted by Gasteiger charge is 2.30. The Balaban J connectivity index is 1.49. The first-order valence-electron chi connectivity index (χ1n) is 9.44. The average Bonchev–Trinajstić information content (AvgIpc) is 3.26. The molecule has 1 amide bonds. The van der Waals surface area contributed by atoms with Crippen molar-refractivity contribution in [3.05, 3.63) is 87.4 Å². The van der Waals surface area contributed by atoms with Gasteiger partial charge in [0, 0.05) is 29.1 Å². The minimum Gasteiger partial charge on any atom is -0.507 e. The number of nitro groups is 1. The lowest BCUT2D eigenvalue weighted by Crippen LogP contribution is -2.28. The van der Waals surface area contributed by atoms with Crippen LogP contribution in [-0.4, -0.2) is 27.8 Å². The first kappa shape index (κ1) is 21.1. The molecule has 3 aromatic carbocycles. The number of carbonyl (C=O) groups is 1. The summed E-state index contributed by atoms with van der Waals surface area (Å²) in [4.78, 5) is 28.6. The van der Waals surface area contributed by atoms with Gasteiger partial charge in [0.05, 0.1) is 22.4 Å². The molecule has 0 spiro atoms. The highest BCUT2D eigenvalue weighted by molar-refractivity contribution is 6.30. The van der Waals surface area contributed by atoms with Crippen LogP contribution in [0.4, 0.5) is 11.4 Å². The highest BCUT2D eigenvalue weighted by atomic mass is 35.5.